The predicted molar refractivity (Wildman–Crippen MR) is 53.8 cm³/mol. The first-order chi connectivity index (χ1) is 6.22. The van der Waals surface area contributed by atoms with E-state index in [0.717, 1.165) is 11.0 Å². The van der Waals surface area contributed by atoms with Crippen molar-refractivity contribution < 1.29 is 0 Å². The highest BCUT2D eigenvalue weighted by Crippen LogP contribution is 2.21. The first kappa shape index (κ1) is 7.72. The number of nitrogen functional groups attached to an aromatic ring is 2. The van der Waals surface area contributed by atoms with E-state index in [9.17, 15) is 0 Å². The lowest BCUT2D eigenvalue weighted by molar-refractivity contribution is 0.956. The van der Waals surface area contributed by atoms with Crippen molar-refractivity contribution in [1.29, 1.82) is 0 Å². The Morgan fingerprint density at radius 3 is 2.69 bits per heavy atom. The van der Waals surface area contributed by atoms with Crippen LogP contribution in [0.2, 0.25) is 0 Å². The summed E-state index contributed by atoms with van der Waals surface area (Å²) < 4.78 is 1.78. The number of nitrogens with zero attached hydrogens (tertiary/aromatic N) is 2. The molecule has 0 amide bonds. The number of benzene rings is 1. The number of nitrogens with two attached hydrogens (primary N) is 2. The summed E-state index contributed by atoms with van der Waals surface area (Å²) in [4.78, 5) is 4.16. The number of aromatic nitrogens is 2. The second-order valence-electron chi connectivity index (χ2n) is 2.81. The Hall–Kier alpha value is -1.91. The van der Waals surface area contributed by atoms with Crippen molar-refractivity contribution in [2.45, 2.75) is 0 Å². The maximum absolute atomic E-state index is 5.67. The van der Waals surface area contributed by atoms with Crippen LogP contribution >= 0.6 is 0 Å². The van der Waals surface area contributed by atoms with Crippen LogP contribution in [-0.2, 0) is 0 Å². The maximum Gasteiger partial charge on any atom is 0.115 e. The van der Waals surface area contributed by atoms with Gasteiger partial charge >= 0.3 is 0 Å². The molecule has 0 spiro atoms. The number of fused-ring (bicyclic) bond motifs is 1. The van der Waals surface area contributed by atoms with E-state index in [-0.39, 0.29) is 0 Å². The average Bonchev–Trinajstić information content (AvgIpc) is 2.48. The van der Waals surface area contributed by atoms with Gasteiger partial charge in [0, 0.05) is 7.05 Å². The van der Waals surface area contributed by atoms with Crippen molar-refractivity contribution in [2.75, 3.05) is 23.9 Å². The zero-order valence-electron chi connectivity index (χ0n) is 7.28. The Morgan fingerprint density at radius 1 is 1.31 bits per heavy atom. The Balaban J connectivity index is 2.77. The molecule has 1 aromatic heterocycles. The van der Waals surface area contributed by atoms with Gasteiger partial charge in [-0.15, -0.1) is 0 Å². The van der Waals surface area contributed by atoms with Crippen LogP contribution < -0.4 is 16.9 Å². The van der Waals surface area contributed by atoms with Gasteiger partial charge in [-0.25, -0.2) is 9.66 Å². The van der Waals surface area contributed by atoms with Gasteiger partial charge in [0.25, 0.3) is 0 Å². The Kier molecular flexibility index (Phi) is 1.51. The van der Waals surface area contributed by atoms with Crippen molar-refractivity contribution >= 4 is 22.4 Å². The molecule has 5 heteroatoms. The van der Waals surface area contributed by atoms with Gasteiger partial charge < -0.3 is 16.9 Å². The molecule has 0 atom stereocenters. The van der Waals surface area contributed by atoms with Crippen LogP contribution in [0.25, 0.3) is 11.0 Å². The molecule has 0 aliphatic carbocycles. The van der Waals surface area contributed by atoms with E-state index in [1.165, 1.54) is 0 Å². The molecular formula is C8H11N5. The van der Waals surface area contributed by atoms with Crippen LogP contribution in [0.5, 0.6) is 0 Å². The summed E-state index contributed by atoms with van der Waals surface area (Å²) in [5, 5.41) is 0. The predicted octanol–water partition coefficient (Wildman–Crippen LogP) is 0.374. The molecule has 13 heavy (non-hydrogen) atoms. The maximum atomic E-state index is 5.67. The van der Waals surface area contributed by atoms with Crippen molar-refractivity contribution in [3.05, 3.63) is 18.5 Å². The van der Waals surface area contributed by atoms with Gasteiger partial charge in [-0.05, 0) is 12.1 Å². The van der Waals surface area contributed by atoms with E-state index in [4.69, 9.17) is 11.5 Å². The molecule has 2 rings (SSSR count). The molecule has 5 nitrogen and oxygen atoms in total. The molecule has 1 aromatic carbocycles. The average molecular weight is 177 g/mol. The number of hydrogen-bond acceptors (Lipinski definition) is 4. The summed E-state index contributed by atoms with van der Waals surface area (Å²) in [7, 11) is 1.81. The first-order valence-electron chi connectivity index (χ1n) is 3.92. The summed E-state index contributed by atoms with van der Waals surface area (Å²) in [6.45, 7) is 0. The lowest BCUT2D eigenvalue weighted by Gasteiger charge is -2.03. The van der Waals surface area contributed by atoms with E-state index < -0.39 is 0 Å². The molecule has 0 radical (unpaired) electrons. The van der Waals surface area contributed by atoms with Crippen LogP contribution in [0.1, 0.15) is 0 Å². The third kappa shape index (κ3) is 1.05. The number of nitrogens with one attached hydrogen (secondary N) is 1. The van der Waals surface area contributed by atoms with Crippen molar-refractivity contribution in [3.63, 3.8) is 0 Å². The van der Waals surface area contributed by atoms with Gasteiger partial charge in [0.1, 0.15) is 6.33 Å². The van der Waals surface area contributed by atoms with E-state index >= 15 is 0 Å². The standard InChI is InChI=1S/C8H11N5/c1-11-13-4-12-7-2-5(9)6(10)3-8(7)13/h2-4,11H,9-10H2,1H3. The molecule has 1 heterocycles. The molecule has 0 aliphatic rings. The van der Waals surface area contributed by atoms with E-state index in [0.29, 0.717) is 11.4 Å². The van der Waals surface area contributed by atoms with E-state index in [1.807, 2.05) is 7.05 Å². The van der Waals surface area contributed by atoms with Gasteiger partial charge in [-0.1, -0.05) is 0 Å². The molecule has 0 aliphatic heterocycles. The third-order valence-electron chi connectivity index (χ3n) is 1.99. The highest BCUT2D eigenvalue weighted by molar-refractivity contribution is 5.86. The van der Waals surface area contributed by atoms with Crippen molar-refractivity contribution in [2.24, 2.45) is 0 Å². The van der Waals surface area contributed by atoms with Crippen LogP contribution in [-0.4, -0.2) is 16.7 Å². The van der Waals surface area contributed by atoms with Crippen molar-refractivity contribution in [3.8, 4) is 0 Å². The van der Waals surface area contributed by atoms with Crippen LogP contribution in [0.15, 0.2) is 18.5 Å². The summed E-state index contributed by atoms with van der Waals surface area (Å²) >= 11 is 0. The highest BCUT2D eigenvalue weighted by Gasteiger charge is 2.03. The zero-order chi connectivity index (χ0) is 9.42. The van der Waals surface area contributed by atoms with E-state index in [1.54, 1.807) is 23.1 Å². The number of imidazole rings is 1. The first-order valence-corrected chi connectivity index (χ1v) is 3.92. The largest absolute Gasteiger partial charge is 0.397 e. The second-order valence-corrected chi connectivity index (χ2v) is 2.81. The van der Waals surface area contributed by atoms with Gasteiger partial charge in [-0.3, -0.25) is 0 Å². The fraction of sp³-hybridized carbons (Fsp3) is 0.125. The molecule has 0 saturated heterocycles. The molecule has 0 bridgehead atoms. The van der Waals surface area contributed by atoms with Gasteiger partial charge in [-0.2, -0.15) is 0 Å². The SMILES string of the molecule is CNn1cnc2cc(N)c(N)cc21. The summed E-state index contributed by atoms with van der Waals surface area (Å²) in [5.41, 5.74) is 17.2. The van der Waals surface area contributed by atoms with Crippen LogP contribution in [0.3, 0.4) is 0 Å². The summed E-state index contributed by atoms with van der Waals surface area (Å²) in [6.07, 6.45) is 1.68. The molecule has 68 valence electrons. The van der Waals surface area contributed by atoms with Crippen LogP contribution in [0.4, 0.5) is 11.4 Å². The molecule has 0 unspecified atom stereocenters. The quantitative estimate of drug-likeness (QED) is 0.550. The smallest absolute Gasteiger partial charge is 0.115 e. The van der Waals surface area contributed by atoms with Gasteiger partial charge in [0.15, 0.2) is 0 Å². The normalized spacial score (nSPS) is 10.5. The number of rotatable bonds is 1. The molecule has 0 fully saturated rings. The fourth-order valence-corrected chi connectivity index (χ4v) is 1.27. The molecule has 5 N–H and O–H groups in total. The lowest BCUT2D eigenvalue weighted by Crippen LogP contribution is -2.06. The van der Waals surface area contributed by atoms with E-state index in [2.05, 4.69) is 10.4 Å². The number of anilines is 2. The fourth-order valence-electron chi connectivity index (χ4n) is 1.27. The Morgan fingerprint density at radius 2 is 2.00 bits per heavy atom. The zero-order valence-corrected chi connectivity index (χ0v) is 7.28. The molecular weight excluding hydrogens is 166 g/mol. The summed E-state index contributed by atoms with van der Waals surface area (Å²) in [5.74, 6) is 0. The minimum absolute atomic E-state index is 0.564. The monoisotopic (exact) mass is 177 g/mol. The van der Waals surface area contributed by atoms with Gasteiger partial charge in [0.2, 0.25) is 0 Å². The van der Waals surface area contributed by atoms with Crippen LogP contribution in [0, 0.1) is 0 Å². The summed E-state index contributed by atoms with van der Waals surface area (Å²) in [6, 6.07) is 3.56. The Bertz CT molecular complexity index is 445. The lowest BCUT2D eigenvalue weighted by atomic mass is 10.2. The topological polar surface area (TPSA) is 81.9 Å². The molecule has 2 aromatic rings. The molecule has 0 saturated carbocycles. The minimum atomic E-state index is 0.564. The Labute approximate surface area is 75.3 Å². The third-order valence-corrected chi connectivity index (χ3v) is 1.99. The van der Waals surface area contributed by atoms with Crippen molar-refractivity contribution in [1.82, 2.24) is 9.66 Å². The minimum Gasteiger partial charge on any atom is -0.397 e. The number of hydrogen-bond donors (Lipinski definition) is 3. The highest BCUT2D eigenvalue weighted by atomic mass is 15.4. The second kappa shape index (κ2) is 2.55. The van der Waals surface area contributed by atoms with Gasteiger partial charge in [0.05, 0.1) is 22.4 Å².